The SMILES string of the molecule is CC1CC(O)(C(C)(C)C(=O)O)CN1C. The molecule has 1 saturated heterocycles. The predicted octanol–water partition coefficient (Wildman–Crippen LogP) is 0.552. The number of rotatable bonds is 2. The lowest BCUT2D eigenvalue weighted by Gasteiger charge is -2.36. The molecule has 4 heteroatoms. The molecule has 1 rings (SSSR count). The highest BCUT2D eigenvalue weighted by atomic mass is 16.4. The summed E-state index contributed by atoms with van der Waals surface area (Å²) in [6.07, 6.45) is 0.517. The number of carbonyl (C=O) groups is 1. The summed E-state index contributed by atoms with van der Waals surface area (Å²) in [7, 11) is 1.90. The van der Waals surface area contributed by atoms with Gasteiger partial charge < -0.3 is 15.1 Å². The average Bonchev–Trinajstić information content (AvgIpc) is 2.27. The third-order valence-electron chi connectivity index (χ3n) is 3.59. The number of hydrogen-bond donors (Lipinski definition) is 2. The van der Waals surface area contributed by atoms with E-state index >= 15 is 0 Å². The third-order valence-corrected chi connectivity index (χ3v) is 3.59. The number of carboxylic acid groups (broad SMARTS) is 1. The van der Waals surface area contributed by atoms with Crippen molar-refractivity contribution in [3.8, 4) is 0 Å². The van der Waals surface area contributed by atoms with Crippen LogP contribution >= 0.6 is 0 Å². The Morgan fingerprint density at radius 2 is 2.07 bits per heavy atom. The van der Waals surface area contributed by atoms with Gasteiger partial charge in [0.15, 0.2) is 0 Å². The first kappa shape index (κ1) is 11.5. The molecular formula is C10H19NO3. The molecule has 1 heterocycles. The highest BCUT2D eigenvalue weighted by Crippen LogP contribution is 2.40. The highest BCUT2D eigenvalue weighted by molar-refractivity contribution is 5.75. The minimum atomic E-state index is -1.12. The average molecular weight is 201 g/mol. The van der Waals surface area contributed by atoms with Gasteiger partial charge in [-0.3, -0.25) is 4.79 Å². The number of nitrogens with zero attached hydrogens (tertiary/aromatic N) is 1. The van der Waals surface area contributed by atoms with Crippen molar-refractivity contribution in [2.24, 2.45) is 5.41 Å². The molecule has 0 aromatic heterocycles. The number of β-amino-alcohol motifs (C(OH)–C–C–N with tert-alkyl or cyclic N) is 1. The lowest BCUT2D eigenvalue weighted by atomic mass is 9.73. The Morgan fingerprint density at radius 3 is 2.36 bits per heavy atom. The summed E-state index contributed by atoms with van der Waals surface area (Å²) >= 11 is 0. The van der Waals surface area contributed by atoms with Crippen molar-refractivity contribution in [2.45, 2.75) is 38.8 Å². The first-order chi connectivity index (χ1) is 6.21. The van der Waals surface area contributed by atoms with Gasteiger partial charge in [-0.15, -0.1) is 0 Å². The molecule has 0 aromatic carbocycles. The number of likely N-dealkylation sites (N-methyl/N-ethyl adjacent to an activating group) is 1. The fourth-order valence-electron chi connectivity index (χ4n) is 1.93. The van der Waals surface area contributed by atoms with E-state index in [0.29, 0.717) is 13.0 Å². The molecular weight excluding hydrogens is 182 g/mol. The van der Waals surface area contributed by atoms with Gasteiger partial charge in [-0.05, 0) is 34.2 Å². The van der Waals surface area contributed by atoms with E-state index in [-0.39, 0.29) is 6.04 Å². The van der Waals surface area contributed by atoms with Crippen LogP contribution in [0.2, 0.25) is 0 Å². The maximum Gasteiger partial charge on any atom is 0.312 e. The lowest BCUT2D eigenvalue weighted by Crippen LogP contribution is -2.51. The van der Waals surface area contributed by atoms with Crippen molar-refractivity contribution >= 4 is 5.97 Å². The Kier molecular flexibility index (Phi) is 2.63. The van der Waals surface area contributed by atoms with Crippen LogP contribution in [-0.4, -0.2) is 46.3 Å². The van der Waals surface area contributed by atoms with Crippen LogP contribution in [0.1, 0.15) is 27.2 Å². The first-order valence-corrected chi connectivity index (χ1v) is 4.87. The minimum absolute atomic E-state index is 0.235. The van der Waals surface area contributed by atoms with E-state index in [0.717, 1.165) is 0 Å². The topological polar surface area (TPSA) is 60.8 Å². The standard InChI is InChI=1S/C10H19NO3/c1-7-5-10(14,6-11(7)4)9(2,3)8(12)13/h7,14H,5-6H2,1-4H3,(H,12,13). The lowest BCUT2D eigenvalue weighted by molar-refractivity contribution is -0.163. The summed E-state index contributed by atoms with van der Waals surface area (Å²) in [4.78, 5) is 13.0. The van der Waals surface area contributed by atoms with Gasteiger partial charge in [-0.2, -0.15) is 0 Å². The monoisotopic (exact) mass is 201 g/mol. The van der Waals surface area contributed by atoms with Gasteiger partial charge in [0.2, 0.25) is 0 Å². The van der Waals surface area contributed by atoms with Crippen molar-refractivity contribution in [2.75, 3.05) is 13.6 Å². The number of aliphatic carboxylic acids is 1. The number of hydrogen-bond acceptors (Lipinski definition) is 3. The summed E-state index contributed by atoms with van der Waals surface area (Å²) in [5, 5.41) is 19.4. The Hall–Kier alpha value is -0.610. The zero-order valence-corrected chi connectivity index (χ0v) is 9.24. The Bertz CT molecular complexity index is 240. The van der Waals surface area contributed by atoms with Crippen LogP contribution in [-0.2, 0) is 4.79 Å². The van der Waals surface area contributed by atoms with Gasteiger partial charge >= 0.3 is 5.97 Å². The van der Waals surface area contributed by atoms with Crippen molar-refractivity contribution in [3.05, 3.63) is 0 Å². The zero-order chi connectivity index (χ0) is 11.1. The first-order valence-electron chi connectivity index (χ1n) is 4.87. The summed E-state index contributed by atoms with van der Waals surface area (Å²) in [5.74, 6) is -0.942. The van der Waals surface area contributed by atoms with Gasteiger partial charge in [0.1, 0.15) is 0 Å². The molecule has 0 aliphatic carbocycles. The molecule has 0 aromatic rings. The molecule has 82 valence electrons. The van der Waals surface area contributed by atoms with E-state index in [1.807, 2.05) is 18.9 Å². The Morgan fingerprint density at radius 1 is 1.57 bits per heavy atom. The normalized spacial score (nSPS) is 34.8. The molecule has 1 fully saturated rings. The maximum absolute atomic E-state index is 11.0. The van der Waals surface area contributed by atoms with Crippen molar-refractivity contribution in [1.82, 2.24) is 4.90 Å². The minimum Gasteiger partial charge on any atom is -0.481 e. The second kappa shape index (κ2) is 3.21. The van der Waals surface area contributed by atoms with Crippen LogP contribution in [0.4, 0.5) is 0 Å². The quantitative estimate of drug-likeness (QED) is 0.685. The smallest absolute Gasteiger partial charge is 0.312 e. The van der Waals surface area contributed by atoms with E-state index in [4.69, 9.17) is 5.11 Å². The van der Waals surface area contributed by atoms with E-state index < -0.39 is 17.0 Å². The maximum atomic E-state index is 11.0. The van der Waals surface area contributed by atoms with Gasteiger partial charge in [0.25, 0.3) is 0 Å². The second-order valence-electron chi connectivity index (χ2n) is 4.93. The number of likely N-dealkylation sites (tertiary alicyclic amines) is 1. The summed E-state index contributed by atoms with van der Waals surface area (Å²) < 4.78 is 0. The predicted molar refractivity (Wildman–Crippen MR) is 53.1 cm³/mol. The molecule has 2 atom stereocenters. The third kappa shape index (κ3) is 1.53. The highest BCUT2D eigenvalue weighted by Gasteiger charge is 2.53. The van der Waals surface area contributed by atoms with E-state index in [2.05, 4.69) is 0 Å². The molecule has 2 N–H and O–H groups in total. The van der Waals surface area contributed by atoms with Gasteiger partial charge in [0.05, 0.1) is 11.0 Å². The molecule has 0 amide bonds. The van der Waals surface area contributed by atoms with E-state index in [1.165, 1.54) is 0 Å². The van der Waals surface area contributed by atoms with Crippen LogP contribution in [0, 0.1) is 5.41 Å². The molecule has 0 bridgehead atoms. The summed E-state index contributed by atoms with van der Waals surface area (Å²) in [6.45, 7) is 5.59. The van der Waals surface area contributed by atoms with Crippen molar-refractivity contribution in [3.63, 3.8) is 0 Å². The fourth-order valence-corrected chi connectivity index (χ4v) is 1.93. The molecule has 0 saturated carbocycles. The van der Waals surface area contributed by atoms with Gasteiger partial charge in [-0.1, -0.05) is 0 Å². The summed E-state index contributed by atoms with van der Waals surface area (Å²) in [5.41, 5.74) is -2.21. The van der Waals surface area contributed by atoms with Crippen LogP contribution in [0.25, 0.3) is 0 Å². The second-order valence-corrected chi connectivity index (χ2v) is 4.93. The fraction of sp³-hybridized carbons (Fsp3) is 0.900. The molecule has 4 nitrogen and oxygen atoms in total. The van der Waals surface area contributed by atoms with Crippen LogP contribution in [0.15, 0.2) is 0 Å². The van der Waals surface area contributed by atoms with E-state index in [9.17, 15) is 9.90 Å². The van der Waals surface area contributed by atoms with Crippen LogP contribution in [0.5, 0.6) is 0 Å². The molecule has 0 radical (unpaired) electrons. The molecule has 1 aliphatic rings. The largest absolute Gasteiger partial charge is 0.481 e. The zero-order valence-electron chi connectivity index (χ0n) is 9.24. The van der Waals surface area contributed by atoms with E-state index in [1.54, 1.807) is 13.8 Å². The van der Waals surface area contributed by atoms with Crippen LogP contribution in [0.3, 0.4) is 0 Å². The molecule has 1 aliphatic heterocycles. The molecule has 14 heavy (non-hydrogen) atoms. The van der Waals surface area contributed by atoms with Crippen LogP contribution < -0.4 is 0 Å². The number of carboxylic acids is 1. The molecule has 2 unspecified atom stereocenters. The summed E-state index contributed by atoms with van der Waals surface area (Å²) in [6, 6.07) is 0.235. The van der Waals surface area contributed by atoms with Gasteiger partial charge in [-0.25, -0.2) is 0 Å². The Balaban J connectivity index is 2.92. The Labute approximate surface area is 84.5 Å². The van der Waals surface area contributed by atoms with Crippen molar-refractivity contribution < 1.29 is 15.0 Å². The molecule has 0 spiro atoms. The van der Waals surface area contributed by atoms with Crippen molar-refractivity contribution in [1.29, 1.82) is 0 Å². The van der Waals surface area contributed by atoms with Gasteiger partial charge in [0, 0.05) is 12.6 Å². The number of aliphatic hydroxyl groups is 1.